The van der Waals surface area contributed by atoms with E-state index in [9.17, 15) is 4.79 Å². The first-order valence-electron chi connectivity index (χ1n) is 8.65. The van der Waals surface area contributed by atoms with Crippen molar-refractivity contribution in [3.63, 3.8) is 0 Å². The molecule has 7 heteroatoms. The van der Waals surface area contributed by atoms with E-state index in [1.54, 1.807) is 4.68 Å². The zero-order valence-electron chi connectivity index (χ0n) is 15.2. The third-order valence-electron chi connectivity index (χ3n) is 4.17. The Bertz CT molecular complexity index is 966. The van der Waals surface area contributed by atoms with E-state index in [4.69, 9.17) is 12.2 Å². The van der Waals surface area contributed by atoms with E-state index >= 15 is 0 Å². The van der Waals surface area contributed by atoms with Crippen molar-refractivity contribution in [3.8, 4) is 5.69 Å². The molecule has 1 atom stereocenters. The van der Waals surface area contributed by atoms with Crippen LogP contribution in [0.15, 0.2) is 58.9 Å². The topological polar surface area (TPSA) is 46.9 Å². The van der Waals surface area contributed by atoms with Crippen LogP contribution in [0.5, 0.6) is 0 Å². The summed E-state index contributed by atoms with van der Waals surface area (Å²) in [6, 6.07) is 18.2. The maximum atomic E-state index is 12.2. The van der Waals surface area contributed by atoms with Crippen LogP contribution in [-0.2, 0) is 4.79 Å². The molecule has 3 aromatic rings. The molecule has 2 aromatic carbocycles. The first kappa shape index (κ1) is 19.8. The summed E-state index contributed by atoms with van der Waals surface area (Å²) in [5.74, 6) is 0.617. The smallest absolute Gasteiger partial charge is 0.230 e. The number of carbonyl (C=O) groups excluding carboxylic acids is 1. The molecule has 0 saturated carbocycles. The second kappa shape index (κ2) is 9.30. The fourth-order valence-corrected chi connectivity index (χ4v) is 4.79. The minimum Gasteiger partial charge on any atom is -0.355 e. The van der Waals surface area contributed by atoms with E-state index in [-0.39, 0.29) is 11.8 Å². The molecule has 0 saturated heterocycles. The molecule has 1 aromatic heterocycles. The highest BCUT2D eigenvalue weighted by Gasteiger charge is 2.11. The highest BCUT2D eigenvalue weighted by molar-refractivity contribution is 8.01. The lowest BCUT2D eigenvalue weighted by Crippen LogP contribution is -2.28. The molecule has 0 fully saturated rings. The molecule has 0 aliphatic heterocycles. The summed E-state index contributed by atoms with van der Waals surface area (Å²) < 4.78 is 3.26. The molecule has 1 N–H and O–H groups in total. The van der Waals surface area contributed by atoms with Gasteiger partial charge in [-0.05, 0) is 42.3 Å². The monoisotopic (exact) mass is 415 g/mol. The molecule has 0 unspecified atom stereocenters. The number of benzene rings is 2. The third-order valence-corrected chi connectivity index (χ3v) is 6.54. The first-order chi connectivity index (χ1) is 13.0. The number of para-hydroxylation sites is 1. The number of amides is 1. The van der Waals surface area contributed by atoms with Gasteiger partial charge in [-0.1, -0.05) is 78.6 Å². The molecule has 140 valence electrons. The maximum Gasteiger partial charge on any atom is 0.230 e. The molecule has 0 aliphatic rings. The van der Waals surface area contributed by atoms with Gasteiger partial charge in [-0.15, -0.1) is 5.10 Å². The van der Waals surface area contributed by atoms with E-state index in [0.29, 0.717) is 16.3 Å². The zero-order chi connectivity index (χ0) is 19.2. The Balaban J connectivity index is 1.54. The summed E-state index contributed by atoms with van der Waals surface area (Å²) >= 11 is 8.29. The minimum atomic E-state index is 0.00587. The van der Waals surface area contributed by atoms with Crippen molar-refractivity contribution >= 4 is 41.2 Å². The average molecular weight is 416 g/mol. The lowest BCUT2D eigenvalue weighted by atomic mass is 10.0. The predicted octanol–water partition coefficient (Wildman–Crippen LogP) is 4.98. The summed E-state index contributed by atoms with van der Waals surface area (Å²) in [5.41, 5.74) is 3.32. The fraction of sp³-hybridized carbons (Fsp3) is 0.250. The maximum absolute atomic E-state index is 12.2. The van der Waals surface area contributed by atoms with Gasteiger partial charge in [0.25, 0.3) is 0 Å². The molecule has 0 radical (unpaired) electrons. The van der Waals surface area contributed by atoms with E-state index in [2.05, 4.69) is 29.5 Å². The summed E-state index contributed by atoms with van der Waals surface area (Å²) in [4.78, 5) is 12.2. The van der Waals surface area contributed by atoms with Crippen molar-refractivity contribution in [2.45, 2.75) is 24.1 Å². The Kier molecular flexibility index (Phi) is 6.82. The van der Waals surface area contributed by atoms with Crippen LogP contribution >= 0.6 is 35.3 Å². The van der Waals surface area contributed by atoms with Crippen molar-refractivity contribution in [1.29, 1.82) is 0 Å². The second-order valence-corrected chi connectivity index (χ2v) is 9.08. The van der Waals surface area contributed by atoms with E-state index < -0.39 is 0 Å². The number of hydrogen-bond donors (Lipinski definition) is 1. The van der Waals surface area contributed by atoms with Crippen LogP contribution in [0.2, 0.25) is 0 Å². The molecule has 4 nitrogen and oxygen atoms in total. The van der Waals surface area contributed by atoms with Gasteiger partial charge in [0.05, 0.1) is 11.4 Å². The second-order valence-electron chi connectivity index (χ2n) is 6.24. The third kappa shape index (κ3) is 5.28. The van der Waals surface area contributed by atoms with E-state index in [0.717, 1.165) is 15.6 Å². The number of nitrogens with one attached hydrogen (secondary N) is 1. The number of hydrogen-bond acceptors (Lipinski definition) is 5. The minimum absolute atomic E-state index is 0.00587. The Morgan fingerprint density at radius 3 is 2.67 bits per heavy atom. The van der Waals surface area contributed by atoms with Crippen molar-refractivity contribution in [2.75, 3.05) is 12.3 Å². The summed E-state index contributed by atoms with van der Waals surface area (Å²) in [6.45, 7) is 4.76. The van der Waals surface area contributed by atoms with Gasteiger partial charge in [0.15, 0.2) is 8.29 Å². The lowest BCUT2D eigenvalue weighted by molar-refractivity contribution is -0.118. The molecule has 3 rings (SSSR count). The number of aryl methyl sites for hydroxylation is 1. The predicted molar refractivity (Wildman–Crippen MR) is 116 cm³/mol. The highest BCUT2D eigenvalue weighted by atomic mass is 32.2. The summed E-state index contributed by atoms with van der Waals surface area (Å²) in [7, 11) is 0. The van der Waals surface area contributed by atoms with Gasteiger partial charge in [-0.25, -0.2) is 4.68 Å². The molecule has 0 aliphatic carbocycles. The standard InChI is InChI=1S/C20H21N3OS3/c1-14-8-6-7-11-17(14)23-20(25)27-19(22-23)26-13-18(24)21-12-15(2)16-9-4-3-5-10-16/h3-11,15H,12-13H2,1-2H3,(H,21,24)/t15-/m0/s1. The van der Waals surface area contributed by atoms with Crippen LogP contribution in [0, 0.1) is 10.9 Å². The molecule has 27 heavy (non-hydrogen) atoms. The fourth-order valence-electron chi connectivity index (χ4n) is 2.62. The van der Waals surface area contributed by atoms with Crippen molar-refractivity contribution in [2.24, 2.45) is 0 Å². The Labute approximate surface area is 172 Å². The number of nitrogens with zero attached hydrogens (tertiary/aromatic N) is 2. The van der Waals surface area contributed by atoms with Crippen LogP contribution in [-0.4, -0.2) is 28.0 Å². The molecule has 0 spiro atoms. The number of thioether (sulfide) groups is 1. The van der Waals surface area contributed by atoms with Gasteiger partial charge in [-0.2, -0.15) is 0 Å². The van der Waals surface area contributed by atoms with E-state index in [1.165, 1.54) is 28.7 Å². The molecular formula is C20H21N3OS3. The Morgan fingerprint density at radius 2 is 1.93 bits per heavy atom. The highest BCUT2D eigenvalue weighted by Crippen LogP contribution is 2.25. The van der Waals surface area contributed by atoms with Gasteiger partial charge >= 0.3 is 0 Å². The van der Waals surface area contributed by atoms with Crippen molar-refractivity contribution in [1.82, 2.24) is 15.1 Å². The molecule has 1 amide bonds. The molecular weight excluding hydrogens is 394 g/mol. The van der Waals surface area contributed by atoms with Crippen LogP contribution in [0.1, 0.15) is 24.0 Å². The quantitative estimate of drug-likeness (QED) is 0.436. The van der Waals surface area contributed by atoms with Crippen molar-refractivity contribution < 1.29 is 4.79 Å². The van der Waals surface area contributed by atoms with E-state index in [1.807, 2.05) is 49.4 Å². The van der Waals surface area contributed by atoms with Gasteiger partial charge in [0.1, 0.15) is 0 Å². The largest absolute Gasteiger partial charge is 0.355 e. The number of rotatable bonds is 7. The molecule has 1 heterocycles. The van der Waals surface area contributed by atoms with Crippen molar-refractivity contribution in [3.05, 3.63) is 69.7 Å². The van der Waals surface area contributed by atoms with Crippen LogP contribution in [0.3, 0.4) is 0 Å². The van der Waals surface area contributed by atoms with Crippen LogP contribution < -0.4 is 5.32 Å². The lowest BCUT2D eigenvalue weighted by Gasteiger charge is -2.12. The number of carbonyl (C=O) groups is 1. The Hall–Kier alpha value is -1.96. The van der Waals surface area contributed by atoms with Gasteiger partial charge in [0.2, 0.25) is 5.91 Å². The first-order valence-corrected chi connectivity index (χ1v) is 10.9. The average Bonchev–Trinajstić information content (AvgIpc) is 3.06. The van der Waals surface area contributed by atoms with Gasteiger partial charge in [-0.3, -0.25) is 4.79 Å². The normalized spacial score (nSPS) is 11.9. The van der Waals surface area contributed by atoms with Gasteiger partial charge < -0.3 is 5.32 Å². The van der Waals surface area contributed by atoms with Gasteiger partial charge in [0, 0.05) is 6.54 Å². The van der Waals surface area contributed by atoms with Crippen LogP contribution in [0.4, 0.5) is 0 Å². The Morgan fingerprint density at radius 1 is 1.22 bits per heavy atom. The zero-order valence-corrected chi connectivity index (χ0v) is 17.7. The summed E-state index contributed by atoms with van der Waals surface area (Å²) in [5, 5.41) is 7.57. The SMILES string of the molecule is Cc1ccccc1-n1nc(SCC(=O)NC[C@H](C)c2ccccc2)sc1=S. The molecule has 0 bridgehead atoms. The summed E-state index contributed by atoms with van der Waals surface area (Å²) in [6.07, 6.45) is 0. The number of aromatic nitrogens is 2. The van der Waals surface area contributed by atoms with Crippen LogP contribution in [0.25, 0.3) is 5.69 Å².